The van der Waals surface area contributed by atoms with Crippen molar-refractivity contribution in [2.24, 2.45) is 0 Å². The van der Waals surface area contributed by atoms with Crippen LogP contribution in [0.25, 0.3) is 0 Å². The quantitative estimate of drug-likeness (QED) is 0.669. The molecule has 0 aliphatic rings. The summed E-state index contributed by atoms with van der Waals surface area (Å²) in [5.74, 6) is 0. The summed E-state index contributed by atoms with van der Waals surface area (Å²) in [6, 6.07) is 0. The molecule has 0 aliphatic carbocycles. The van der Waals surface area contributed by atoms with Crippen LogP contribution in [0.1, 0.15) is 9.88 Å². The average molecular weight is 158 g/mol. The summed E-state index contributed by atoms with van der Waals surface area (Å²) in [5.41, 5.74) is 2.75. The number of rotatable bonds is 3. The smallest absolute Gasteiger partial charge is 0.0897 e. The normalized spacial score (nSPS) is 10.2. The molecule has 56 valence electrons. The van der Waals surface area contributed by atoms with E-state index in [-0.39, 0.29) is 0 Å². The Hall–Kier alpha value is -0.450. The topological polar surface area (TPSA) is 34.1 Å². The molecule has 0 amide bonds. The largest absolute Gasteiger partial charge is 0.305 e. The van der Waals surface area contributed by atoms with Crippen molar-refractivity contribution in [3.05, 3.63) is 16.1 Å². The second-order valence-electron chi connectivity index (χ2n) is 1.87. The van der Waals surface area contributed by atoms with Crippen LogP contribution in [-0.2, 0) is 11.4 Å². The first-order valence-electron chi connectivity index (χ1n) is 3.00. The zero-order valence-corrected chi connectivity index (χ0v) is 6.86. The Balaban J connectivity index is 2.42. The van der Waals surface area contributed by atoms with Crippen molar-refractivity contribution in [1.82, 2.24) is 10.5 Å². The Morgan fingerprint density at radius 1 is 1.80 bits per heavy atom. The summed E-state index contributed by atoms with van der Waals surface area (Å²) in [5, 5.41) is 1.09. The molecule has 0 fully saturated rings. The van der Waals surface area contributed by atoms with Crippen molar-refractivity contribution in [3.8, 4) is 0 Å². The van der Waals surface area contributed by atoms with Crippen LogP contribution in [0, 0.1) is 6.92 Å². The van der Waals surface area contributed by atoms with Gasteiger partial charge in [0, 0.05) is 11.1 Å². The molecule has 3 nitrogen and oxygen atoms in total. The summed E-state index contributed by atoms with van der Waals surface area (Å²) < 4.78 is 0. The van der Waals surface area contributed by atoms with Crippen molar-refractivity contribution in [2.45, 2.75) is 13.5 Å². The standard InChI is InChI=1S/C6H10N2OS/c1-5-7-3-6(10-5)4-8-9-2/h3,8H,4H2,1-2H3. The number of hydrogen-bond donors (Lipinski definition) is 1. The van der Waals surface area contributed by atoms with E-state index in [4.69, 9.17) is 0 Å². The zero-order chi connectivity index (χ0) is 7.40. The lowest BCUT2D eigenvalue weighted by atomic mass is 10.6. The number of hydrogen-bond acceptors (Lipinski definition) is 4. The number of nitrogens with one attached hydrogen (secondary N) is 1. The first-order valence-corrected chi connectivity index (χ1v) is 3.81. The van der Waals surface area contributed by atoms with E-state index >= 15 is 0 Å². The second-order valence-corrected chi connectivity index (χ2v) is 3.19. The van der Waals surface area contributed by atoms with Crippen LogP contribution in [-0.4, -0.2) is 12.1 Å². The Morgan fingerprint density at radius 2 is 2.60 bits per heavy atom. The summed E-state index contributed by atoms with van der Waals surface area (Å²) in [7, 11) is 1.61. The number of aromatic nitrogens is 1. The minimum Gasteiger partial charge on any atom is -0.305 e. The van der Waals surface area contributed by atoms with Crippen LogP contribution in [0.3, 0.4) is 0 Å². The number of aryl methyl sites for hydroxylation is 1. The minimum absolute atomic E-state index is 0.738. The van der Waals surface area contributed by atoms with Crippen molar-refractivity contribution >= 4 is 11.3 Å². The maximum absolute atomic E-state index is 4.68. The van der Waals surface area contributed by atoms with Crippen molar-refractivity contribution in [1.29, 1.82) is 0 Å². The van der Waals surface area contributed by atoms with Crippen molar-refractivity contribution < 1.29 is 4.84 Å². The van der Waals surface area contributed by atoms with Crippen molar-refractivity contribution in [2.75, 3.05) is 7.11 Å². The molecule has 0 spiro atoms. The molecule has 0 saturated carbocycles. The third kappa shape index (κ3) is 2.06. The fourth-order valence-electron chi connectivity index (χ4n) is 0.630. The predicted molar refractivity (Wildman–Crippen MR) is 40.7 cm³/mol. The zero-order valence-electron chi connectivity index (χ0n) is 6.05. The molecule has 10 heavy (non-hydrogen) atoms. The summed E-state index contributed by atoms with van der Waals surface area (Å²) in [6.45, 7) is 2.73. The third-order valence-electron chi connectivity index (χ3n) is 1.06. The Kier molecular flexibility index (Phi) is 2.80. The van der Waals surface area contributed by atoms with E-state index in [9.17, 15) is 0 Å². The predicted octanol–water partition coefficient (Wildman–Crippen LogP) is 1.10. The van der Waals surface area contributed by atoms with E-state index in [1.165, 1.54) is 4.88 Å². The molecule has 1 heterocycles. The van der Waals surface area contributed by atoms with E-state index in [0.29, 0.717) is 0 Å². The first kappa shape index (κ1) is 7.65. The highest BCUT2D eigenvalue weighted by Gasteiger charge is 1.95. The highest BCUT2D eigenvalue weighted by Crippen LogP contribution is 2.10. The highest BCUT2D eigenvalue weighted by atomic mass is 32.1. The summed E-state index contributed by atoms with van der Waals surface area (Å²) in [6.07, 6.45) is 1.85. The SMILES string of the molecule is CONCc1cnc(C)s1. The fraction of sp³-hybridized carbons (Fsp3) is 0.500. The molecule has 1 N–H and O–H groups in total. The molecular weight excluding hydrogens is 148 g/mol. The molecule has 4 heteroatoms. The van der Waals surface area contributed by atoms with Gasteiger partial charge in [0.1, 0.15) is 0 Å². The van der Waals surface area contributed by atoms with Gasteiger partial charge in [0.25, 0.3) is 0 Å². The molecule has 0 atom stereocenters. The molecular formula is C6H10N2OS. The van der Waals surface area contributed by atoms with E-state index in [0.717, 1.165) is 11.6 Å². The van der Waals surface area contributed by atoms with E-state index in [1.54, 1.807) is 18.4 Å². The van der Waals surface area contributed by atoms with Gasteiger partial charge < -0.3 is 4.84 Å². The maximum atomic E-state index is 4.68. The summed E-state index contributed by atoms with van der Waals surface area (Å²) >= 11 is 1.67. The lowest BCUT2D eigenvalue weighted by Gasteiger charge is -1.95. The molecule has 1 aromatic rings. The molecule has 1 rings (SSSR count). The number of nitrogens with zero attached hydrogens (tertiary/aromatic N) is 1. The van der Waals surface area contributed by atoms with Gasteiger partial charge in [0.2, 0.25) is 0 Å². The molecule has 1 aromatic heterocycles. The maximum Gasteiger partial charge on any atom is 0.0897 e. The van der Waals surface area contributed by atoms with Crippen LogP contribution in [0.2, 0.25) is 0 Å². The third-order valence-corrected chi connectivity index (χ3v) is 1.97. The monoisotopic (exact) mass is 158 g/mol. The van der Waals surface area contributed by atoms with Crippen LogP contribution >= 0.6 is 11.3 Å². The highest BCUT2D eigenvalue weighted by molar-refractivity contribution is 7.11. The Morgan fingerprint density at radius 3 is 3.10 bits per heavy atom. The van der Waals surface area contributed by atoms with Crippen LogP contribution in [0.4, 0.5) is 0 Å². The molecule has 0 aliphatic heterocycles. The van der Waals surface area contributed by atoms with Gasteiger partial charge in [0.05, 0.1) is 18.7 Å². The molecule has 0 unspecified atom stereocenters. The van der Waals surface area contributed by atoms with Crippen LogP contribution < -0.4 is 5.48 Å². The van der Waals surface area contributed by atoms with Gasteiger partial charge in [-0.25, -0.2) is 4.98 Å². The van der Waals surface area contributed by atoms with Gasteiger partial charge in [-0.15, -0.1) is 11.3 Å². The van der Waals surface area contributed by atoms with Gasteiger partial charge in [-0.3, -0.25) is 0 Å². The minimum atomic E-state index is 0.738. The Labute approximate surface area is 64.0 Å². The molecule has 0 bridgehead atoms. The summed E-state index contributed by atoms with van der Waals surface area (Å²) in [4.78, 5) is 9.97. The fourth-order valence-corrected chi connectivity index (χ4v) is 1.35. The van der Waals surface area contributed by atoms with Crippen LogP contribution in [0.15, 0.2) is 6.20 Å². The number of hydroxylamine groups is 1. The van der Waals surface area contributed by atoms with Gasteiger partial charge in [-0.2, -0.15) is 5.48 Å². The average Bonchev–Trinajstić information content (AvgIpc) is 2.31. The second kappa shape index (κ2) is 3.65. The molecule has 0 saturated heterocycles. The van der Waals surface area contributed by atoms with E-state index in [1.807, 2.05) is 13.1 Å². The molecule has 0 radical (unpaired) electrons. The molecule has 0 aromatic carbocycles. The van der Waals surface area contributed by atoms with Crippen molar-refractivity contribution in [3.63, 3.8) is 0 Å². The lowest BCUT2D eigenvalue weighted by molar-refractivity contribution is 0.0874. The van der Waals surface area contributed by atoms with Crippen LogP contribution in [0.5, 0.6) is 0 Å². The first-order chi connectivity index (χ1) is 4.83. The van der Waals surface area contributed by atoms with E-state index < -0.39 is 0 Å². The Bertz CT molecular complexity index is 199. The van der Waals surface area contributed by atoms with Gasteiger partial charge in [-0.1, -0.05) is 0 Å². The van der Waals surface area contributed by atoms with E-state index in [2.05, 4.69) is 15.3 Å². The van der Waals surface area contributed by atoms with Gasteiger partial charge in [0.15, 0.2) is 0 Å². The van der Waals surface area contributed by atoms with Gasteiger partial charge >= 0.3 is 0 Å². The van der Waals surface area contributed by atoms with Gasteiger partial charge in [-0.05, 0) is 6.92 Å². The number of thiazole rings is 1. The lowest BCUT2D eigenvalue weighted by Crippen LogP contribution is -2.09.